The number of benzene rings is 2. The molecule has 0 spiro atoms. The topological polar surface area (TPSA) is 91.0 Å². The summed E-state index contributed by atoms with van der Waals surface area (Å²) in [5.41, 5.74) is 6.73. The minimum absolute atomic E-state index is 0.0771. The Morgan fingerprint density at radius 3 is 2.15 bits per heavy atom. The number of sulfonamides is 1. The molecule has 7 nitrogen and oxygen atoms in total. The number of piperazine rings is 1. The molecule has 1 aliphatic heterocycles. The van der Waals surface area contributed by atoms with Crippen LogP contribution in [-0.2, 0) is 10.0 Å². The Morgan fingerprint density at radius 2 is 1.59 bits per heavy atom. The standard InChI is InChI=1S/C19H25N5O2S/c1-15(21-22-17-5-9-19(10-6-17)27(20,25)26)16-3-7-18(8-4-16)24-13-11-23(2)12-14-24/h3-10,22H,11-14H2,1-2H3,(H2,20,25,26)/b21-15+. The van der Waals surface area contributed by atoms with Crippen LogP contribution in [0.4, 0.5) is 11.4 Å². The van der Waals surface area contributed by atoms with E-state index in [1.807, 2.05) is 6.92 Å². The van der Waals surface area contributed by atoms with Crippen LogP contribution in [0.5, 0.6) is 0 Å². The number of nitrogens with one attached hydrogen (secondary N) is 1. The summed E-state index contributed by atoms with van der Waals surface area (Å²) in [6.07, 6.45) is 0. The highest BCUT2D eigenvalue weighted by Crippen LogP contribution is 2.18. The first-order valence-electron chi connectivity index (χ1n) is 8.80. The van der Waals surface area contributed by atoms with Gasteiger partial charge in [-0.25, -0.2) is 13.6 Å². The molecular formula is C19H25N5O2S. The Kier molecular flexibility index (Phi) is 5.79. The van der Waals surface area contributed by atoms with Crippen molar-refractivity contribution < 1.29 is 8.42 Å². The van der Waals surface area contributed by atoms with Gasteiger partial charge in [0.05, 0.1) is 16.3 Å². The summed E-state index contributed by atoms with van der Waals surface area (Å²) in [7, 11) is -1.53. The molecule has 0 aromatic heterocycles. The number of likely N-dealkylation sites (N-methyl/N-ethyl adjacent to an activating group) is 1. The molecule has 0 radical (unpaired) electrons. The molecule has 0 aliphatic carbocycles. The predicted molar refractivity (Wildman–Crippen MR) is 110 cm³/mol. The van der Waals surface area contributed by atoms with E-state index in [9.17, 15) is 8.42 Å². The van der Waals surface area contributed by atoms with Gasteiger partial charge in [0.25, 0.3) is 0 Å². The van der Waals surface area contributed by atoms with Crippen LogP contribution in [0.2, 0.25) is 0 Å². The monoisotopic (exact) mass is 387 g/mol. The van der Waals surface area contributed by atoms with Crippen molar-refractivity contribution in [1.29, 1.82) is 0 Å². The maximum Gasteiger partial charge on any atom is 0.238 e. The molecule has 1 saturated heterocycles. The average Bonchev–Trinajstić information content (AvgIpc) is 2.66. The molecule has 2 aromatic carbocycles. The zero-order chi connectivity index (χ0) is 19.4. The second-order valence-electron chi connectivity index (χ2n) is 6.72. The van der Waals surface area contributed by atoms with Crippen LogP contribution >= 0.6 is 0 Å². The number of hydrogen-bond acceptors (Lipinski definition) is 6. The molecule has 8 heteroatoms. The van der Waals surface area contributed by atoms with Crippen LogP contribution in [0, 0.1) is 0 Å². The number of nitrogens with two attached hydrogens (primary N) is 1. The fraction of sp³-hybridized carbons (Fsp3) is 0.316. The first kappa shape index (κ1) is 19.3. The molecule has 0 unspecified atom stereocenters. The van der Waals surface area contributed by atoms with Crippen LogP contribution < -0.4 is 15.5 Å². The molecule has 144 valence electrons. The van der Waals surface area contributed by atoms with E-state index < -0.39 is 10.0 Å². The molecule has 1 heterocycles. The smallest absolute Gasteiger partial charge is 0.238 e. The van der Waals surface area contributed by atoms with Gasteiger partial charge >= 0.3 is 0 Å². The van der Waals surface area contributed by atoms with Crippen molar-refractivity contribution >= 4 is 27.1 Å². The van der Waals surface area contributed by atoms with Gasteiger partial charge in [-0.15, -0.1) is 0 Å². The van der Waals surface area contributed by atoms with Crippen LogP contribution in [0.15, 0.2) is 58.5 Å². The zero-order valence-electron chi connectivity index (χ0n) is 15.6. The van der Waals surface area contributed by atoms with Gasteiger partial charge in [-0.05, 0) is 55.9 Å². The van der Waals surface area contributed by atoms with Gasteiger partial charge in [0.1, 0.15) is 0 Å². The minimum Gasteiger partial charge on any atom is -0.369 e. The summed E-state index contributed by atoms with van der Waals surface area (Å²) in [4.78, 5) is 4.80. The number of rotatable bonds is 5. The number of hydrazone groups is 1. The van der Waals surface area contributed by atoms with Gasteiger partial charge in [-0.3, -0.25) is 5.43 Å². The van der Waals surface area contributed by atoms with Crippen LogP contribution in [0.3, 0.4) is 0 Å². The number of nitrogens with zero attached hydrogens (tertiary/aromatic N) is 3. The van der Waals surface area contributed by atoms with Gasteiger partial charge in [0.15, 0.2) is 0 Å². The molecule has 27 heavy (non-hydrogen) atoms. The molecule has 3 rings (SSSR count). The second kappa shape index (κ2) is 8.08. The highest BCUT2D eigenvalue weighted by molar-refractivity contribution is 7.89. The predicted octanol–water partition coefficient (Wildman–Crippen LogP) is 1.92. The molecule has 3 N–H and O–H groups in total. The average molecular weight is 388 g/mol. The Hall–Kier alpha value is -2.42. The Morgan fingerprint density at radius 1 is 1.00 bits per heavy atom. The summed E-state index contributed by atoms with van der Waals surface area (Å²) in [6, 6.07) is 14.6. The summed E-state index contributed by atoms with van der Waals surface area (Å²) >= 11 is 0. The van der Waals surface area contributed by atoms with Gasteiger partial charge in [0.2, 0.25) is 10.0 Å². The van der Waals surface area contributed by atoms with Crippen molar-refractivity contribution in [3.63, 3.8) is 0 Å². The van der Waals surface area contributed by atoms with Crippen molar-refractivity contribution in [1.82, 2.24) is 4.90 Å². The molecule has 1 fully saturated rings. The van der Waals surface area contributed by atoms with Gasteiger partial charge in [-0.2, -0.15) is 5.10 Å². The zero-order valence-corrected chi connectivity index (χ0v) is 16.4. The van der Waals surface area contributed by atoms with E-state index in [-0.39, 0.29) is 4.90 Å². The van der Waals surface area contributed by atoms with E-state index in [2.05, 4.69) is 51.6 Å². The maximum atomic E-state index is 11.3. The van der Waals surface area contributed by atoms with E-state index in [1.165, 1.54) is 17.8 Å². The third kappa shape index (κ3) is 5.06. The lowest BCUT2D eigenvalue weighted by Crippen LogP contribution is -2.44. The van der Waals surface area contributed by atoms with Gasteiger partial charge < -0.3 is 9.80 Å². The van der Waals surface area contributed by atoms with Crippen molar-refractivity contribution in [2.45, 2.75) is 11.8 Å². The Labute approximate surface area is 160 Å². The highest BCUT2D eigenvalue weighted by Gasteiger charge is 2.14. The third-order valence-electron chi connectivity index (χ3n) is 4.69. The van der Waals surface area contributed by atoms with Gasteiger partial charge in [-0.1, -0.05) is 12.1 Å². The minimum atomic E-state index is -3.68. The molecular weight excluding hydrogens is 362 g/mol. The summed E-state index contributed by atoms with van der Waals surface area (Å²) in [5.74, 6) is 0. The van der Waals surface area contributed by atoms with E-state index in [1.54, 1.807) is 12.1 Å². The van der Waals surface area contributed by atoms with Gasteiger partial charge in [0, 0.05) is 31.9 Å². The normalized spacial score (nSPS) is 16.4. The first-order valence-corrected chi connectivity index (χ1v) is 10.3. The van der Waals surface area contributed by atoms with Crippen LogP contribution in [-0.4, -0.2) is 52.3 Å². The summed E-state index contributed by atoms with van der Waals surface area (Å²) in [5, 5.41) is 9.47. The molecule has 0 saturated carbocycles. The van der Waals surface area contributed by atoms with E-state index in [0.717, 1.165) is 37.5 Å². The first-order chi connectivity index (χ1) is 12.8. The van der Waals surface area contributed by atoms with Crippen LogP contribution in [0.1, 0.15) is 12.5 Å². The van der Waals surface area contributed by atoms with Crippen molar-refractivity contribution in [3.05, 3.63) is 54.1 Å². The molecule has 0 atom stereocenters. The van der Waals surface area contributed by atoms with E-state index in [4.69, 9.17) is 5.14 Å². The molecule has 1 aliphatic rings. The van der Waals surface area contributed by atoms with E-state index in [0.29, 0.717) is 5.69 Å². The van der Waals surface area contributed by atoms with Crippen molar-refractivity contribution in [2.24, 2.45) is 10.2 Å². The fourth-order valence-corrected chi connectivity index (χ4v) is 3.43. The second-order valence-corrected chi connectivity index (χ2v) is 8.28. The maximum absolute atomic E-state index is 11.3. The lowest BCUT2D eigenvalue weighted by atomic mass is 10.1. The summed E-state index contributed by atoms with van der Waals surface area (Å²) in [6.45, 7) is 6.17. The Balaban J connectivity index is 1.64. The third-order valence-corrected chi connectivity index (χ3v) is 5.62. The SMILES string of the molecule is C/C(=N\Nc1ccc(S(N)(=O)=O)cc1)c1ccc(N2CCN(C)CC2)cc1. The quantitative estimate of drug-likeness (QED) is 0.604. The summed E-state index contributed by atoms with van der Waals surface area (Å²) < 4.78 is 22.6. The lowest BCUT2D eigenvalue weighted by molar-refractivity contribution is 0.313. The number of anilines is 2. The number of hydrogen-bond donors (Lipinski definition) is 2. The number of primary sulfonamides is 1. The van der Waals surface area contributed by atoms with Crippen LogP contribution in [0.25, 0.3) is 0 Å². The largest absolute Gasteiger partial charge is 0.369 e. The fourth-order valence-electron chi connectivity index (χ4n) is 2.91. The Bertz CT molecular complexity index is 900. The highest BCUT2D eigenvalue weighted by atomic mass is 32.2. The van der Waals surface area contributed by atoms with Crippen molar-refractivity contribution in [3.8, 4) is 0 Å². The van der Waals surface area contributed by atoms with E-state index >= 15 is 0 Å². The molecule has 0 amide bonds. The van der Waals surface area contributed by atoms with Crippen molar-refractivity contribution in [2.75, 3.05) is 43.6 Å². The molecule has 0 bridgehead atoms. The lowest BCUT2D eigenvalue weighted by Gasteiger charge is -2.34. The molecule has 2 aromatic rings.